The van der Waals surface area contributed by atoms with E-state index in [0.29, 0.717) is 11.6 Å². The van der Waals surface area contributed by atoms with Gasteiger partial charge in [0, 0.05) is 24.3 Å². The van der Waals surface area contributed by atoms with Crippen LogP contribution in [-0.2, 0) is 12.8 Å². The third-order valence-corrected chi connectivity index (χ3v) is 5.48. The quantitative estimate of drug-likeness (QED) is 0.895. The van der Waals surface area contributed by atoms with E-state index in [1.54, 1.807) is 0 Å². The summed E-state index contributed by atoms with van der Waals surface area (Å²) in [4.78, 5) is 15.1. The maximum atomic E-state index is 13.1. The number of aryl methyl sites for hydroxylation is 1. The summed E-state index contributed by atoms with van der Waals surface area (Å²) in [6.45, 7) is 4.74. The number of amides is 1. The lowest BCUT2D eigenvalue weighted by molar-refractivity contribution is 0.0780. The molecule has 1 aromatic carbocycles. The highest BCUT2D eigenvalue weighted by Crippen LogP contribution is 2.29. The summed E-state index contributed by atoms with van der Waals surface area (Å²) in [5.41, 5.74) is 5.35. The number of likely N-dealkylation sites (tertiary alicyclic amines) is 1. The first-order valence-corrected chi connectivity index (χ1v) is 9.29. The van der Waals surface area contributed by atoms with Crippen LogP contribution < -0.4 is 5.32 Å². The molecule has 6 heteroatoms. The van der Waals surface area contributed by atoms with Gasteiger partial charge in [0.25, 0.3) is 5.91 Å². The summed E-state index contributed by atoms with van der Waals surface area (Å²) in [6, 6.07) is 8.38. The van der Waals surface area contributed by atoms with Crippen molar-refractivity contribution in [3.05, 3.63) is 46.8 Å². The topological polar surface area (TPSA) is 50.2 Å². The third-order valence-electron chi connectivity index (χ3n) is 5.48. The smallest absolute Gasteiger partial charge is 0.274 e. The number of rotatable bonds is 4. The first kappa shape index (κ1) is 18.9. The summed E-state index contributed by atoms with van der Waals surface area (Å²) in [5, 5.41) is 7.98. The van der Waals surface area contributed by atoms with Crippen LogP contribution in [0.2, 0.25) is 0 Å². The van der Waals surface area contributed by atoms with Gasteiger partial charge in [-0.3, -0.25) is 4.79 Å². The van der Waals surface area contributed by atoms with Crippen LogP contribution in [0.25, 0.3) is 5.69 Å². The van der Waals surface area contributed by atoms with Gasteiger partial charge in [0.05, 0.1) is 5.69 Å². The Kier molecular flexibility index (Phi) is 5.68. The van der Waals surface area contributed by atoms with Crippen molar-refractivity contribution < 1.29 is 4.79 Å². The SMILES string of the molecule is CNCC1CCN(C(=O)c2nn(-c3ccc(C)cc3)c3c2CCC3)C1.Cl. The van der Waals surface area contributed by atoms with Gasteiger partial charge in [0.15, 0.2) is 5.69 Å². The van der Waals surface area contributed by atoms with Gasteiger partial charge < -0.3 is 10.2 Å². The highest BCUT2D eigenvalue weighted by atomic mass is 35.5. The second kappa shape index (κ2) is 7.80. The fourth-order valence-electron chi connectivity index (χ4n) is 4.13. The van der Waals surface area contributed by atoms with E-state index in [0.717, 1.165) is 51.0 Å². The maximum absolute atomic E-state index is 13.1. The zero-order chi connectivity index (χ0) is 17.4. The molecule has 0 bridgehead atoms. The highest BCUT2D eigenvalue weighted by Gasteiger charge is 2.32. The van der Waals surface area contributed by atoms with Crippen LogP contribution in [0, 0.1) is 12.8 Å². The number of hydrogen-bond acceptors (Lipinski definition) is 3. The molecule has 4 rings (SSSR count). The number of halogens is 1. The Labute approximate surface area is 161 Å². The molecule has 1 aliphatic carbocycles. The maximum Gasteiger partial charge on any atom is 0.274 e. The van der Waals surface area contributed by atoms with E-state index in [1.807, 2.05) is 16.6 Å². The summed E-state index contributed by atoms with van der Waals surface area (Å²) >= 11 is 0. The normalized spacial score (nSPS) is 18.7. The molecule has 2 aromatic rings. The molecular formula is C20H27ClN4O. The van der Waals surface area contributed by atoms with E-state index in [-0.39, 0.29) is 18.3 Å². The zero-order valence-electron chi connectivity index (χ0n) is 15.5. The summed E-state index contributed by atoms with van der Waals surface area (Å²) in [7, 11) is 1.97. The predicted octanol–water partition coefficient (Wildman–Crippen LogP) is 2.77. The largest absolute Gasteiger partial charge is 0.337 e. The average molecular weight is 375 g/mol. The molecule has 1 saturated heterocycles. The van der Waals surface area contributed by atoms with Gasteiger partial charge in [-0.15, -0.1) is 12.4 Å². The Balaban J connectivity index is 0.00000196. The van der Waals surface area contributed by atoms with Crippen molar-refractivity contribution in [3.8, 4) is 5.69 Å². The molecule has 1 aliphatic heterocycles. The van der Waals surface area contributed by atoms with Crippen LogP contribution in [0.3, 0.4) is 0 Å². The molecule has 2 aliphatic rings. The van der Waals surface area contributed by atoms with Crippen LogP contribution in [0.4, 0.5) is 0 Å². The lowest BCUT2D eigenvalue weighted by atomic mass is 10.1. The molecule has 26 heavy (non-hydrogen) atoms. The van der Waals surface area contributed by atoms with Gasteiger partial charge in [-0.05, 0) is 64.3 Å². The second-order valence-electron chi connectivity index (χ2n) is 7.34. The summed E-state index contributed by atoms with van der Waals surface area (Å²) in [6.07, 6.45) is 4.16. The van der Waals surface area contributed by atoms with Crippen LogP contribution in [0.15, 0.2) is 24.3 Å². The number of nitrogens with one attached hydrogen (secondary N) is 1. The first-order valence-electron chi connectivity index (χ1n) is 9.29. The minimum absolute atomic E-state index is 0. The molecule has 5 nitrogen and oxygen atoms in total. The minimum Gasteiger partial charge on any atom is -0.337 e. The van der Waals surface area contributed by atoms with Gasteiger partial charge in [-0.25, -0.2) is 4.68 Å². The van der Waals surface area contributed by atoms with Crippen molar-refractivity contribution in [2.45, 2.75) is 32.6 Å². The lowest BCUT2D eigenvalue weighted by Crippen LogP contribution is -2.31. The number of carbonyl (C=O) groups excluding carboxylic acids is 1. The van der Waals surface area contributed by atoms with Crippen LogP contribution in [0.1, 0.15) is 40.2 Å². The van der Waals surface area contributed by atoms with Crippen molar-refractivity contribution in [1.29, 1.82) is 0 Å². The van der Waals surface area contributed by atoms with Gasteiger partial charge >= 0.3 is 0 Å². The fraction of sp³-hybridized carbons (Fsp3) is 0.500. The first-order chi connectivity index (χ1) is 12.2. The molecule has 1 aromatic heterocycles. The van der Waals surface area contributed by atoms with Gasteiger partial charge in [0.2, 0.25) is 0 Å². The zero-order valence-corrected chi connectivity index (χ0v) is 16.3. The molecule has 0 saturated carbocycles. The molecular weight excluding hydrogens is 348 g/mol. The van der Waals surface area contributed by atoms with Gasteiger partial charge in [-0.2, -0.15) is 5.10 Å². The molecule has 1 atom stereocenters. The second-order valence-corrected chi connectivity index (χ2v) is 7.34. The third kappa shape index (κ3) is 3.38. The standard InChI is InChI=1S/C20H26N4O.ClH/c1-14-6-8-16(9-7-14)24-18-5-3-4-17(18)19(22-24)20(25)23-11-10-15(13-23)12-21-2;/h6-9,15,21H,3-5,10-13H2,1-2H3;1H. The fourth-order valence-corrected chi connectivity index (χ4v) is 4.13. The van der Waals surface area contributed by atoms with Crippen molar-refractivity contribution in [2.75, 3.05) is 26.7 Å². The van der Waals surface area contributed by atoms with Crippen LogP contribution in [-0.4, -0.2) is 47.3 Å². The molecule has 1 N–H and O–H groups in total. The Morgan fingerprint density at radius 3 is 2.77 bits per heavy atom. The molecule has 1 unspecified atom stereocenters. The Morgan fingerprint density at radius 1 is 1.27 bits per heavy atom. The number of hydrogen-bond donors (Lipinski definition) is 1. The van der Waals surface area contributed by atoms with Crippen molar-refractivity contribution >= 4 is 18.3 Å². The number of fused-ring (bicyclic) bond motifs is 1. The molecule has 2 heterocycles. The number of benzene rings is 1. The van der Waals surface area contributed by atoms with Crippen molar-refractivity contribution in [2.24, 2.45) is 5.92 Å². The number of aromatic nitrogens is 2. The minimum atomic E-state index is 0. The predicted molar refractivity (Wildman–Crippen MR) is 106 cm³/mol. The van der Waals surface area contributed by atoms with E-state index in [4.69, 9.17) is 5.10 Å². The van der Waals surface area contributed by atoms with E-state index >= 15 is 0 Å². The van der Waals surface area contributed by atoms with E-state index in [2.05, 4.69) is 36.5 Å². The molecule has 140 valence electrons. The van der Waals surface area contributed by atoms with Crippen LogP contribution in [0.5, 0.6) is 0 Å². The van der Waals surface area contributed by atoms with E-state index in [9.17, 15) is 4.79 Å². The van der Waals surface area contributed by atoms with Gasteiger partial charge in [-0.1, -0.05) is 17.7 Å². The van der Waals surface area contributed by atoms with Gasteiger partial charge in [0.1, 0.15) is 0 Å². The van der Waals surface area contributed by atoms with Crippen molar-refractivity contribution in [1.82, 2.24) is 20.0 Å². The molecule has 1 fully saturated rings. The Bertz CT molecular complexity index is 784. The summed E-state index contributed by atoms with van der Waals surface area (Å²) < 4.78 is 2.00. The Morgan fingerprint density at radius 2 is 2.04 bits per heavy atom. The number of nitrogens with zero attached hydrogens (tertiary/aromatic N) is 3. The lowest BCUT2D eigenvalue weighted by Gasteiger charge is -2.15. The Hall–Kier alpha value is -1.85. The highest BCUT2D eigenvalue weighted by molar-refractivity contribution is 5.94. The molecule has 0 radical (unpaired) electrons. The molecule has 1 amide bonds. The van der Waals surface area contributed by atoms with Crippen LogP contribution >= 0.6 is 12.4 Å². The van der Waals surface area contributed by atoms with E-state index in [1.165, 1.54) is 16.8 Å². The average Bonchev–Trinajstić information content (AvgIpc) is 3.31. The summed E-state index contributed by atoms with van der Waals surface area (Å²) in [5.74, 6) is 0.670. The monoisotopic (exact) mass is 374 g/mol. The number of carbonyl (C=O) groups is 1. The van der Waals surface area contributed by atoms with Crippen molar-refractivity contribution in [3.63, 3.8) is 0 Å². The molecule has 0 spiro atoms. The van der Waals surface area contributed by atoms with E-state index < -0.39 is 0 Å².